The van der Waals surface area contributed by atoms with E-state index in [4.69, 9.17) is 0 Å². The summed E-state index contributed by atoms with van der Waals surface area (Å²) in [5.74, 6) is -0.249. The number of thioether (sulfide) groups is 2. The van der Waals surface area contributed by atoms with Crippen LogP contribution in [0.1, 0.15) is 29.3 Å². The zero-order chi connectivity index (χ0) is 15.6. The number of fused-ring (bicyclic) bond motifs is 1. The smallest absolute Gasteiger partial charge is 0.198 e. The molecule has 0 amide bonds. The van der Waals surface area contributed by atoms with Crippen molar-refractivity contribution in [3.05, 3.63) is 57.9 Å². The third-order valence-corrected chi connectivity index (χ3v) is 6.00. The van der Waals surface area contributed by atoms with Gasteiger partial charge in [0.1, 0.15) is 0 Å². The third-order valence-electron chi connectivity index (χ3n) is 3.85. The van der Waals surface area contributed by atoms with Crippen molar-refractivity contribution in [1.29, 1.82) is 0 Å². The summed E-state index contributed by atoms with van der Waals surface area (Å²) in [5.41, 5.74) is 1.07. The van der Waals surface area contributed by atoms with Gasteiger partial charge in [-0.2, -0.15) is 0 Å². The number of hydrogen-bond acceptors (Lipinski definition) is 4. The Morgan fingerprint density at radius 2 is 1.86 bits per heavy atom. The molecule has 2 nitrogen and oxygen atoms in total. The second-order valence-electron chi connectivity index (χ2n) is 5.10. The lowest BCUT2D eigenvalue weighted by atomic mass is 9.66. The molecule has 0 bridgehead atoms. The first-order chi connectivity index (χ1) is 10.0. The van der Waals surface area contributed by atoms with Crippen molar-refractivity contribution >= 4 is 35.1 Å². The molecule has 0 fully saturated rings. The first-order valence-corrected chi connectivity index (χ1v) is 9.08. The summed E-state index contributed by atoms with van der Waals surface area (Å²) in [6, 6.07) is 7.41. The first kappa shape index (κ1) is 16.1. The van der Waals surface area contributed by atoms with Crippen LogP contribution in [0.2, 0.25) is 0 Å². The molecule has 0 radical (unpaired) electrons. The van der Waals surface area contributed by atoms with E-state index in [1.54, 1.807) is 6.08 Å². The first-order valence-electron chi connectivity index (χ1n) is 6.63. The summed E-state index contributed by atoms with van der Waals surface area (Å²) in [5, 5.41) is 0. The topological polar surface area (TPSA) is 34.1 Å². The number of allylic oxidation sites excluding steroid dienone is 2. The van der Waals surface area contributed by atoms with E-state index in [0.29, 0.717) is 17.6 Å². The SMILES string of the molecule is C=CCC1(C)C(=O)C(=C(SC)SC)C(=O)c2ccccc21. The molecule has 0 N–H and O–H groups in total. The maximum absolute atomic E-state index is 13.0. The lowest BCUT2D eigenvalue weighted by Gasteiger charge is -2.34. The van der Waals surface area contributed by atoms with Crippen LogP contribution in [0.3, 0.4) is 0 Å². The fourth-order valence-electron chi connectivity index (χ4n) is 2.76. The van der Waals surface area contributed by atoms with E-state index >= 15 is 0 Å². The normalized spacial score (nSPS) is 21.2. The average molecular weight is 318 g/mol. The molecule has 21 heavy (non-hydrogen) atoms. The Bertz CT molecular complexity index is 640. The van der Waals surface area contributed by atoms with Crippen molar-refractivity contribution in [3.8, 4) is 0 Å². The van der Waals surface area contributed by atoms with Gasteiger partial charge in [0.05, 0.1) is 15.2 Å². The predicted molar refractivity (Wildman–Crippen MR) is 92.0 cm³/mol. The molecule has 0 saturated heterocycles. The molecule has 1 aromatic carbocycles. The largest absolute Gasteiger partial charge is 0.293 e. The average Bonchev–Trinajstić information content (AvgIpc) is 2.50. The van der Waals surface area contributed by atoms with Crippen LogP contribution in [0.5, 0.6) is 0 Å². The maximum atomic E-state index is 13.0. The maximum Gasteiger partial charge on any atom is 0.198 e. The third kappa shape index (κ3) is 2.51. The lowest BCUT2D eigenvalue weighted by Crippen LogP contribution is -2.41. The van der Waals surface area contributed by atoms with Gasteiger partial charge in [-0.15, -0.1) is 30.1 Å². The molecule has 0 aromatic heterocycles. The number of ketones is 2. The molecule has 4 heteroatoms. The number of rotatable bonds is 4. The summed E-state index contributed by atoms with van der Waals surface area (Å²) in [7, 11) is 0. The van der Waals surface area contributed by atoms with Crippen molar-refractivity contribution in [3.63, 3.8) is 0 Å². The minimum absolute atomic E-state index is 0.0928. The van der Waals surface area contributed by atoms with Gasteiger partial charge in [-0.1, -0.05) is 30.3 Å². The van der Waals surface area contributed by atoms with Crippen LogP contribution in [-0.4, -0.2) is 24.1 Å². The molecule has 1 unspecified atom stereocenters. The van der Waals surface area contributed by atoms with E-state index in [9.17, 15) is 9.59 Å². The number of carbonyl (C=O) groups is 2. The zero-order valence-electron chi connectivity index (χ0n) is 12.4. The van der Waals surface area contributed by atoms with E-state index in [-0.39, 0.29) is 11.6 Å². The summed E-state index contributed by atoms with van der Waals surface area (Å²) < 4.78 is 0.787. The van der Waals surface area contributed by atoms with E-state index < -0.39 is 5.41 Å². The summed E-state index contributed by atoms with van der Waals surface area (Å²) in [4.78, 5) is 25.8. The quantitative estimate of drug-likeness (QED) is 0.473. The highest BCUT2D eigenvalue weighted by molar-refractivity contribution is 8.21. The Balaban J connectivity index is 2.79. The number of carbonyl (C=O) groups excluding carboxylic acids is 2. The highest BCUT2D eigenvalue weighted by Gasteiger charge is 2.46. The molecule has 1 atom stereocenters. The van der Waals surface area contributed by atoms with E-state index in [1.165, 1.54) is 23.5 Å². The van der Waals surface area contributed by atoms with Crippen molar-refractivity contribution in [2.75, 3.05) is 12.5 Å². The van der Waals surface area contributed by atoms with Gasteiger partial charge in [-0.25, -0.2) is 0 Å². The van der Waals surface area contributed by atoms with Crippen LogP contribution in [0.4, 0.5) is 0 Å². The fraction of sp³-hybridized carbons (Fsp3) is 0.294. The molecule has 0 spiro atoms. The number of hydrogen-bond donors (Lipinski definition) is 0. The van der Waals surface area contributed by atoms with Crippen molar-refractivity contribution in [2.45, 2.75) is 18.8 Å². The van der Waals surface area contributed by atoms with Crippen LogP contribution >= 0.6 is 23.5 Å². The number of Topliss-reactive ketones (excluding diaryl/α,β-unsaturated/α-hetero) is 2. The molecule has 0 saturated carbocycles. The highest BCUT2D eigenvalue weighted by atomic mass is 32.2. The second kappa shape index (κ2) is 6.24. The van der Waals surface area contributed by atoms with Gasteiger partial charge in [0.25, 0.3) is 0 Å². The molecule has 0 aliphatic heterocycles. The van der Waals surface area contributed by atoms with Gasteiger partial charge in [-0.3, -0.25) is 9.59 Å². The van der Waals surface area contributed by atoms with Crippen molar-refractivity contribution in [2.24, 2.45) is 0 Å². The molecule has 1 aliphatic carbocycles. The molecule has 1 aromatic rings. The van der Waals surface area contributed by atoms with Crippen molar-refractivity contribution in [1.82, 2.24) is 0 Å². The summed E-state index contributed by atoms with van der Waals surface area (Å²) in [6.07, 6.45) is 6.06. The van der Waals surface area contributed by atoms with Gasteiger partial charge in [0.2, 0.25) is 0 Å². The molecular formula is C17H18O2S2. The Morgan fingerprint density at radius 1 is 1.24 bits per heavy atom. The Hall–Kier alpha value is -1.26. The van der Waals surface area contributed by atoms with Gasteiger partial charge < -0.3 is 0 Å². The van der Waals surface area contributed by atoms with Crippen molar-refractivity contribution < 1.29 is 9.59 Å². The lowest BCUT2D eigenvalue weighted by molar-refractivity contribution is -0.120. The van der Waals surface area contributed by atoms with E-state index in [1.807, 2.05) is 43.7 Å². The number of benzene rings is 1. The highest BCUT2D eigenvalue weighted by Crippen LogP contribution is 2.43. The Morgan fingerprint density at radius 3 is 2.43 bits per heavy atom. The molecular weight excluding hydrogens is 300 g/mol. The zero-order valence-corrected chi connectivity index (χ0v) is 14.1. The monoisotopic (exact) mass is 318 g/mol. The van der Waals surface area contributed by atoms with Gasteiger partial charge in [-0.05, 0) is 31.4 Å². The van der Waals surface area contributed by atoms with Gasteiger partial charge in [0, 0.05) is 5.56 Å². The van der Waals surface area contributed by atoms with E-state index in [0.717, 1.165) is 9.80 Å². The van der Waals surface area contributed by atoms with Crippen LogP contribution in [0.15, 0.2) is 46.7 Å². The minimum Gasteiger partial charge on any atom is -0.293 e. The predicted octanol–water partition coefficient (Wildman–Crippen LogP) is 4.22. The minimum atomic E-state index is -0.710. The van der Waals surface area contributed by atoms with Crippen LogP contribution < -0.4 is 0 Å². The van der Waals surface area contributed by atoms with Gasteiger partial charge >= 0.3 is 0 Å². The van der Waals surface area contributed by atoms with Crippen LogP contribution in [0.25, 0.3) is 0 Å². The van der Waals surface area contributed by atoms with Gasteiger partial charge in [0.15, 0.2) is 11.6 Å². The summed E-state index contributed by atoms with van der Waals surface area (Å²) in [6.45, 7) is 5.68. The molecule has 110 valence electrons. The van der Waals surface area contributed by atoms with Crippen LogP contribution in [0, 0.1) is 0 Å². The Kier molecular flexibility index (Phi) is 4.79. The fourth-order valence-corrected chi connectivity index (χ4v) is 4.21. The van der Waals surface area contributed by atoms with Crippen LogP contribution in [-0.2, 0) is 10.2 Å². The molecule has 1 aliphatic rings. The molecule has 2 rings (SSSR count). The summed E-state index contributed by atoms with van der Waals surface area (Å²) >= 11 is 2.91. The second-order valence-corrected chi connectivity index (χ2v) is 6.99. The standard InChI is InChI=1S/C17H18O2S2/c1-5-10-17(2)12-9-7-6-8-11(12)14(18)13(15(17)19)16(20-3)21-4/h5-9H,1,10H2,2-4H3. The Labute approximate surface area is 134 Å². The molecule has 0 heterocycles. The van der Waals surface area contributed by atoms with E-state index in [2.05, 4.69) is 6.58 Å².